The van der Waals surface area contributed by atoms with Gasteiger partial charge in [0.1, 0.15) is 11.6 Å². The number of aromatic nitrogens is 3. The molecule has 2 aromatic heterocycles. The number of aryl methyl sites for hydroxylation is 1. The lowest BCUT2D eigenvalue weighted by atomic mass is 10.2. The summed E-state index contributed by atoms with van der Waals surface area (Å²) in [6.45, 7) is 2.73. The normalized spacial score (nSPS) is 10.3. The number of aromatic amines is 1. The van der Waals surface area contributed by atoms with Crippen LogP contribution in [0.4, 0.5) is 11.5 Å². The molecule has 5 heteroatoms. The van der Waals surface area contributed by atoms with Crippen LogP contribution in [0.25, 0.3) is 0 Å². The zero-order chi connectivity index (χ0) is 11.4. The van der Waals surface area contributed by atoms with E-state index in [1.807, 2.05) is 19.2 Å². The molecule has 0 aromatic carbocycles. The van der Waals surface area contributed by atoms with E-state index in [2.05, 4.69) is 20.3 Å². The lowest BCUT2D eigenvalue weighted by molar-refractivity contribution is 0.922. The fourth-order valence-electron chi connectivity index (χ4n) is 1.44. The average molecular weight is 217 g/mol. The van der Waals surface area contributed by atoms with Crippen LogP contribution in [0.3, 0.4) is 0 Å². The second-order valence-electron chi connectivity index (χ2n) is 3.60. The van der Waals surface area contributed by atoms with Crippen LogP contribution in [0.15, 0.2) is 24.7 Å². The Bertz CT molecular complexity index is 449. The van der Waals surface area contributed by atoms with E-state index in [1.54, 1.807) is 12.4 Å². The molecular formula is C11H15N5. The van der Waals surface area contributed by atoms with Crippen LogP contribution in [0.5, 0.6) is 0 Å². The van der Waals surface area contributed by atoms with Gasteiger partial charge in [0.25, 0.3) is 0 Å². The van der Waals surface area contributed by atoms with Gasteiger partial charge in [-0.2, -0.15) is 0 Å². The number of hydrogen-bond donors (Lipinski definition) is 3. The van der Waals surface area contributed by atoms with Crippen LogP contribution in [-0.2, 0) is 6.42 Å². The molecule has 0 aliphatic carbocycles. The van der Waals surface area contributed by atoms with E-state index in [0.29, 0.717) is 5.69 Å². The molecule has 0 saturated carbocycles. The molecule has 0 bridgehead atoms. The van der Waals surface area contributed by atoms with Crippen molar-refractivity contribution in [3.63, 3.8) is 0 Å². The quantitative estimate of drug-likeness (QED) is 0.722. The van der Waals surface area contributed by atoms with E-state index >= 15 is 0 Å². The third kappa shape index (κ3) is 2.31. The van der Waals surface area contributed by atoms with Gasteiger partial charge in [0.2, 0.25) is 0 Å². The summed E-state index contributed by atoms with van der Waals surface area (Å²) in [7, 11) is 0. The molecule has 0 saturated heterocycles. The molecule has 0 aliphatic rings. The van der Waals surface area contributed by atoms with Gasteiger partial charge >= 0.3 is 0 Å². The van der Waals surface area contributed by atoms with Gasteiger partial charge in [-0.15, -0.1) is 0 Å². The Morgan fingerprint density at radius 1 is 1.38 bits per heavy atom. The fourth-order valence-corrected chi connectivity index (χ4v) is 1.44. The highest BCUT2D eigenvalue weighted by molar-refractivity contribution is 5.64. The summed E-state index contributed by atoms with van der Waals surface area (Å²) in [5, 5.41) is 3.20. The van der Waals surface area contributed by atoms with Crippen molar-refractivity contribution in [3.8, 4) is 0 Å². The summed E-state index contributed by atoms with van der Waals surface area (Å²) < 4.78 is 0. The maximum absolute atomic E-state index is 5.89. The first-order chi connectivity index (χ1) is 7.77. The predicted molar refractivity (Wildman–Crippen MR) is 64.2 cm³/mol. The van der Waals surface area contributed by atoms with Crippen molar-refractivity contribution in [2.45, 2.75) is 13.3 Å². The van der Waals surface area contributed by atoms with E-state index in [9.17, 15) is 0 Å². The number of nitrogens with one attached hydrogen (secondary N) is 2. The van der Waals surface area contributed by atoms with Gasteiger partial charge in [-0.1, -0.05) is 0 Å². The van der Waals surface area contributed by atoms with Crippen LogP contribution in [0.2, 0.25) is 0 Å². The molecule has 0 radical (unpaired) electrons. The second kappa shape index (κ2) is 4.65. The number of nitrogens with two attached hydrogens (primary N) is 1. The third-order valence-corrected chi connectivity index (χ3v) is 2.42. The number of pyridine rings is 1. The molecule has 0 fully saturated rings. The lowest BCUT2D eigenvalue weighted by Crippen LogP contribution is -2.09. The molecule has 0 unspecified atom stereocenters. The van der Waals surface area contributed by atoms with Crippen molar-refractivity contribution in [2.24, 2.45) is 0 Å². The number of rotatable bonds is 4. The van der Waals surface area contributed by atoms with E-state index in [4.69, 9.17) is 5.73 Å². The summed E-state index contributed by atoms with van der Waals surface area (Å²) in [6.07, 6.45) is 6.13. The van der Waals surface area contributed by atoms with Crippen molar-refractivity contribution in [1.82, 2.24) is 15.0 Å². The Balaban J connectivity index is 1.92. The highest BCUT2D eigenvalue weighted by Gasteiger charge is 2.02. The Morgan fingerprint density at radius 3 is 3.00 bits per heavy atom. The van der Waals surface area contributed by atoms with Gasteiger partial charge in [-0.05, 0) is 18.6 Å². The van der Waals surface area contributed by atoms with Gasteiger partial charge in [0, 0.05) is 31.6 Å². The minimum absolute atomic E-state index is 0.710. The minimum Gasteiger partial charge on any atom is -0.396 e. The molecule has 0 atom stereocenters. The molecule has 16 heavy (non-hydrogen) atoms. The third-order valence-electron chi connectivity index (χ3n) is 2.42. The van der Waals surface area contributed by atoms with E-state index in [-0.39, 0.29) is 0 Å². The smallest absolute Gasteiger partial charge is 0.149 e. The standard InChI is InChI=1S/C11H15N5/c1-8-2-4-15-11(10(8)12)16-5-3-9-13-6-7-14-9/h2,4,6-7H,3,5,12H2,1H3,(H,13,14)(H,15,16). The maximum atomic E-state index is 5.89. The number of nitrogen functional groups attached to an aromatic ring is 1. The van der Waals surface area contributed by atoms with Gasteiger partial charge in [0.05, 0.1) is 5.69 Å². The van der Waals surface area contributed by atoms with Crippen LogP contribution in [0.1, 0.15) is 11.4 Å². The number of H-pyrrole nitrogens is 1. The van der Waals surface area contributed by atoms with E-state index in [0.717, 1.165) is 30.2 Å². The number of imidazole rings is 1. The average Bonchev–Trinajstić information content (AvgIpc) is 2.77. The Morgan fingerprint density at radius 2 is 2.25 bits per heavy atom. The molecule has 5 nitrogen and oxygen atoms in total. The fraction of sp³-hybridized carbons (Fsp3) is 0.273. The largest absolute Gasteiger partial charge is 0.396 e. The monoisotopic (exact) mass is 217 g/mol. The molecule has 84 valence electrons. The van der Waals surface area contributed by atoms with Gasteiger partial charge < -0.3 is 16.0 Å². The number of nitrogens with zero attached hydrogens (tertiary/aromatic N) is 2. The van der Waals surface area contributed by atoms with Crippen molar-refractivity contribution < 1.29 is 0 Å². The molecule has 0 aliphatic heterocycles. The highest BCUT2D eigenvalue weighted by atomic mass is 15.0. The van der Waals surface area contributed by atoms with E-state index in [1.165, 1.54) is 0 Å². The lowest BCUT2D eigenvalue weighted by Gasteiger charge is -2.08. The topological polar surface area (TPSA) is 79.6 Å². The molecule has 2 heterocycles. The van der Waals surface area contributed by atoms with Crippen LogP contribution in [-0.4, -0.2) is 21.5 Å². The summed E-state index contributed by atoms with van der Waals surface area (Å²) >= 11 is 0. The van der Waals surface area contributed by atoms with Gasteiger partial charge in [0.15, 0.2) is 0 Å². The molecule has 2 rings (SSSR count). The first-order valence-corrected chi connectivity index (χ1v) is 5.20. The zero-order valence-electron chi connectivity index (χ0n) is 9.20. The number of hydrogen-bond acceptors (Lipinski definition) is 4. The van der Waals surface area contributed by atoms with Crippen molar-refractivity contribution in [2.75, 3.05) is 17.6 Å². The highest BCUT2D eigenvalue weighted by Crippen LogP contribution is 2.18. The van der Waals surface area contributed by atoms with Crippen molar-refractivity contribution >= 4 is 11.5 Å². The maximum Gasteiger partial charge on any atom is 0.149 e. The summed E-state index contributed by atoms with van der Waals surface area (Å²) in [4.78, 5) is 11.4. The molecule has 2 aromatic rings. The summed E-state index contributed by atoms with van der Waals surface area (Å²) in [6, 6.07) is 1.90. The van der Waals surface area contributed by atoms with Crippen molar-refractivity contribution in [3.05, 3.63) is 36.0 Å². The zero-order valence-corrected chi connectivity index (χ0v) is 9.20. The van der Waals surface area contributed by atoms with E-state index < -0.39 is 0 Å². The number of anilines is 2. The molecule has 0 amide bonds. The van der Waals surface area contributed by atoms with Gasteiger partial charge in [-0.25, -0.2) is 9.97 Å². The minimum atomic E-state index is 0.710. The predicted octanol–water partition coefficient (Wildman–Crippen LogP) is 1.35. The van der Waals surface area contributed by atoms with Crippen LogP contribution in [0, 0.1) is 6.92 Å². The van der Waals surface area contributed by atoms with Crippen LogP contribution < -0.4 is 11.1 Å². The van der Waals surface area contributed by atoms with Gasteiger partial charge in [-0.3, -0.25) is 0 Å². The SMILES string of the molecule is Cc1ccnc(NCCc2ncc[nH]2)c1N. The first kappa shape index (κ1) is 10.5. The molecule has 4 N–H and O–H groups in total. The van der Waals surface area contributed by atoms with Crippen molar-refractivity contribution in [1.29, 1.82) is 0 Å². The molecule has 0 spiro atoms. The Kier molecular flexibility index (Phi) is 3.05. The summed E-state index contributed by atoms with van der Waals surface area (Å²) in [5.74, 6) is 1.70. The van der Waals surface area contributed by atoms with Crippen LogP contribution >= 0.6 is 0 Å². The Labute approximate surface area is 94.1 Å². The Hall–Kier alpha value is -2.04. The summed E-state index contributed by atoms with van der Waals surface area (Å²) in [5.41, 5.74) is 7.64. The second-order valence-corrected chi connectivity index (χ2v) is 3.60. The molecular weight excluding hydrogens is 202 g/mol. The first-order valence-electron chi connectivity index (χ1n) is 5.20.